The average molecular weight is 608 g/mol. The first-order chi connectivity index (χ1) is 20.6. The maximum Gasteiger partial charge on any atom is 0.355 e. The summed E-state index contributed by atoms with van der Waals surface area (Å²) in [4.78, 5) is 44.7. The molecular weight excluding hydrogens is 578 g/mol. The molecule has 1 aromatic carbocycles. The van der Waals surface area contributed by atoms with E-state index in [0.717, 1.165) is 16.5 Å². The van der Waals surface area contributed by atoms with E-state index in [2.05, 4.69) is 10.3 Å². The fourth-order valence-corrected chi connectivity index (χ4v) is 6.25. The van der Waals surface area contributed by atoms with Gasteiger partial charge in [-0.25, -0.2) is 9.78 Å². The molecular formula is C29H29N5O8S. The van der Waals surface area contributed by atoms with Gasteiger partial charge in [-0.15, -0.1) is 5.10 Å². The standard InChI is InChI=1S/C29H29N5O8S/c1-2-29(42-25(35)10-4-3-7-11-33-15-20(31-32-33)17-43(38,39)40)22-13-24-26-19(12-18-8-5-6-9-23(18)30-26)14-34(24)27(36)21(22)16-41-28(29)37/h5-6,8-9,12-13,15H,2-4,7,10-11,14,16-17H2,1H3,(H,38,39,40)/t29-/m0/s1. The molecule has 1 N–H and O–H groups in total. The molecule has 0 bridgehead atoms. The summed E-state index contributed by atoms with van der Waals surface area (Å²) in [5.41, 5.74) is 1.62. The minimum atomic E-state index is -4.19. The molecule has 4 aromatic rings. The van der Waals surface area contributed by atoms with Crippen LogP contribution in [0.15, 0.2) is 47.4 Å². The van der Waals surface area contributed by atoms with Crippen LogP contribution in [0, 0.1) is 0 Å². The Morgan fingerprint density at radius 3 is 2.77 bits per heavy atom. The van der Waals surface area contributed by atoms with Gasteiger partial charge in [0.05, 0.1) is 29.0 Å². The first-order valence-corrected chi connectivity index (χ1v) is 15.6. The Balaban J connectivity index is 1.17. The number of pyridine rings is 2. The molecule has 0 radical (unpaired) electrons. The quantitative estimate of drug-likeness (QED) is 0.141. The topological polar surface area (TPSA) is 173 Å². The number of cyclic esters (lactones) is 1. The van der Waals surface area contributed by atoms with Gasteiger partial charge in [-0.2, -0.15) is 8.42 Å². The lowest BCUT2D eigenvalue weighted by Crippen LogP contribution is -2.47. The lowest BCUT2D eigenvalue weighted by atomic mass is 9.85. The third-order valence-electron chi connectivity index (χ3n) is 7.86. The molecule has 6 rings (SSSR count). The maximum atomic E-state index is 13.6. The van der Waals surface area contributed by atoms with Gasteiger partial charge in [0.25, 0.3) is 15.7 Å². The van der Waals surface area contributed by atoms with E-state index in [1.807, 2.05) is 30.3 Å². The Kier molecular flexibility index (Phi) is 7.34. The monoisotopic (exact) mass is 607 g/mol. The van der Waals surface area contributed by atoms with Crippen molar-refractivity contribution in [3.63, 3.8) is 0 Å². The van der Waals surface area contributed by atoms with Crippen LogP contribution in [0.3, 0.4) is 0 Å². The fourth-order valence-electron chi connectivity index (χ4n) is 5.75. The molecule has 0 amide bonds. The molecule has 43 heavy (non-hydrogen) atoms. The number of aryl methyl sites for hydroxylation is 1. The lowest BCUT2D eigenvalue weighted by Gasteiger charge is -2.35. The van der Waals surface area contributed by atoms with Crippen LogP contribution in [-0.4, -0.2) is 49.5 Å². The number of aromatic nitrogens is 5. The molecule has 224 valence electrons. The van der Waals surface area contributed by atoms with Crippen LogP contribution in [-0.2, 0) is 60.2 Å². The van der Waals surface area contributed by atoms with E-state index >= 15 is 0 Å². The number of esters is 2. The van der Waals surface area contributed by atoms with E-state index in [-0.39, 0.29) is 36.3 Å². The van der Waals surface area contributed by atoms with Crippen molar-refractivity contribution in [1.82, 2.24) is 24.5 Å². The molecule has 3 aromatic heterocycles. The molecule has 14 heteroatoms. The van der Waals surface area contributed by atoms with Crippen LogP contribution in [0.5, 0.6) is 0 Å². The number of ether oxygens (including phenoxy) is 2. The summed E-state index contributed by atoms with van der Waals surface area (Å²) in [5, 5.41) is 8.52. The smallest absolute Gasteiger partial charge is 0.355 e. The summed E-state index contributed by atoms with van der Waals surface area (Å²) in [6.07, 6.45) is 3.27. The minimum absolute atomic E-state index is 0.0377. The van der Waals surface area contributed by atoms with Gasteiger partial charge >= 0.3 is 11.9 Å². The summed E-state index contributed by atoms with van der Waals surface area (Å²) >= 11 is 0. The fraction of sp³-hybridized carbons (Fsp3) is 0.379. The van der Waals surface area contributed by atoms with Crippen LogP contribution < -0.4 is 5.56 Å². The van der Waals surface area contributed by atoms with E-state index in [0.29, 0.717) is 49.3 Å². The molecule has 0 fully saturated rings. The molecule has 2 aliphatic heterocycles. The summed E-state index contributed by atoms with van der Waals surface area (Å²) in [6.45, 7) is 2.29. The summed E-state index contributed by atoms with van der Waals surface area (Å²) in [5.74, 6) is -1.91. The zero-order chi connectivity index (χ0) is 30.4. The number of hydrogen-bond donors (Lipinski definition) is 1. The largest absolute Gasteiger partial charge is 0.457 e. The van der Waals surface area contributed by atoms with Gasteiger partial charge in [-0.1, -0.05) is 36.8 Å². The van der Waals surface area contributed by atoms with Crippen LogP contribution in [0.4, 0.5) is 0 Å². The predicted octanol–water partition coefficient (Wildman–Crippen LogP) is 2.87. The van der Waals surface area contributed by atoms with Gasteiger partial charge in [0, 0.05) is 35.7 Å². The van der Waals surface area contributed by atoms with Gasteiger partial charge in [0.1, 0.15) is 18.1 Å². The van der Waals surface area contributed by atoms with Gasteiger partial charge in [0.2, 0.25) is 5.60 Å². The highest BCUT2D eigenvalue weighted by atomic mass is 32.2. The number of carbonyl (C=O) groups is 2. The number of unbranched alkanes of at least 4 members (excludes halogenated alkanes) is 2. The lowest BCUT2D eigenvalue weighted by molar-refractivity contribution is -0.189. The Morgan fingerprint density at radius 2 is 1.98 bits per heavy atom. The molecule has 0 saturated heterocycles. The van der Waals surface area contributed by atoms with E-state index < -0.39 is 33.4 Å². The number of para-hydroxylation sites is 1. The predicted molar refractivity (Wildman–Crippen MR) is 152 cm³/mol. The highest BCUT2D eigenvalue weighted by Crippen LogP contribution is 2.41. The molecule has 1 atom stereocenters. The Morgan fingerprint density at radius 1 is 1.16 bits per heavy atom. The second-order valence-corrected chi connectivity index (χ2v) is 12.2. The van der Waals surface area contributed by atoms with E-state index in [4.69, 9.17) is 19.0 Å². The number of nitrogens with zero attached hydrogens (tertiary/aromatic N) is 5. The summed E-state index contributed by atoms with van der Waals surface area (Å²) < 4.78 is 45.3. The van der Waals surface area contributed by atoms with Crippen molar-refractivity contribution in [2.75, 3.05) is 0 Å². The second kappa shape index (κ2) is 11.0. The number of carbonyl (C=O) groups excluding carboxylic acids is 2. The summed E-state index contributed by atoms with van der Waals surface area (Å²) in [6, 6.07) is 11.4. The van der Waals surface area contributed by atoms with Crippen molar-refractivity contribution in [3.8, 4) is 11.4 Å². The molecule has 0 aliphatic carbocycles. The van der Waals surface area contributed by atoms with E-state index in [1.54, 1.807) is 17.6 Å². The van der Waals surface area contributed by atoms with Crippen LogP contribution >= 0.6 is 0 Å². The summed E-state index contributed by atoms with van der Waals surface area (Å²) in [7, 11) is -4.19. The van der Waals surface area contributed by atoms with Gasteiger partial charge < -0.3 is 14.0 Å². The molecule has 0 spiro atoms. The normalized spacial score (nSPS) is 17.3. The highest BCUT2D eigenvalue weighted by Gasteiger charge is 2.50. The molecule has 0 saturated carbocycles. The van der Waals surface area contributed by atoms with Gasteiger partial charge in [-0.3, -0.25) is 18.8 Å². The van der Waals surface area contributed by atoms with Crippen LogP contribution in [0.1, 0.15) is 61.4 Å². The van der Waals surface area contributed by atoms with Crippen LogP contribution in [0.2, 0.25) is 0 Å². The first-order valence-electron chi connectivity index (χ1n) is 14.0. The number of benzene rings is 1. The third-order valence-corrected chi connectivity index (χ3v) is 8.52. The van der Waals surface area contributed by atoms with Crippen molar-refractivity contribution in [2.45, 2.75) is 70.1 Å². The first kappa shape index (κ1) is 28.7. The average Bonchev–Trinajstić information content (AvgIpc) is 3.56. The SMILES string of the molecule is CC[C@@]1(OC(=O)CCCCCn2cc(CS(=O)(=O)O)nn2)C(=O)OCc2c1cc1n(c2=O)Cc2cc3ccccc3nc2-1. The molecule has 2 aliphatic rings. The van der Waals surface area contributed by atoms with Crippen molar-refractivity contribution in [1.29, 1.82) is 0 Å². The Labute approximate surface area is 246 Å². The van der Waals surface area contributed by atoms with E-state index in [1.165, 1.54) is 10.9 Å². The Hall–Kier alpha value is -4.43. The number of hydrogen-bond acceptors (Lipinski definition) is 10. The van der Waals surface area contributed by atoms with Crippen molar-refractivity contribution >= 4 is 33.0 Å². The highest BCUT2D eigenvalue weighted by molar-refractivity contribution is 7.85. The zero-order valence-electron chi connectivity index (χ0n) is 23.4. The zero-order valence-corrected chi connectivity index (χ0v) is 24.2. The molecule has 0 unspecified atom stereocenters. The van der Waals surface area contributed by atoms with Gasteiger partial charge in [-0.05, 0) is 37.5 Å². The van der Waals surface area contributed by atoms with Crippen LogP contribution in [0.25, 0.3) is 22.3 Å². The number of fused-ring (bicyclic) bond motifs is 5. The van der Waals surface area contributed by atoms with E-state index in [9.17, 15) is 22.8 Å². The Bertz CT molecular complexity index is 1930. The van der Waals surface area contributed by atoms with Crippen molar-refractivity contribution in [3.05, 3.63) is 75.3 Å². The maximum absolute atomic E-state index is 13.6. The second-order valence-electron chi connectivity index (χ2n) is 10.7. The third kappa shape index (κ3) is 5.43. The van der Waals surface area contributed by atoms with Gasteiger partial charge in [0.15, 0.2) is 0 Å². The van der Waals surface area contributed by atoms with Crippen molar-refractivity contribution < 1.29 is 32.0 Å². The minimum Gasteiger partial charge on any atom is -0.457 e. The molecule has 13 nitrogen and oxygen atoms in total. The molecule has 5 heterocycles. The number of rotatable bonds is 10. The van der Waals surface area contributed by atoms with Crippen molar-refractivity contribution in [2.24, 2.45) is 0 Å².